The van der Waals surface area contributed by atoms with Crippen molar-refractivity contribution in [2.75, 3.05) is 5.73 Å². The Bertz CT molecular complexity index is 539. The van der Waals surface area contributed by atoms with Crippen LogP contribution < -0.4 is 5.73 Å². The van der Waals surface area contributed by atoms with Crippen LogP contribution >= 0.6 is 0 Å². The molecule has 0 radical (unpaired) electrons. The van der Waals surface area contributed by atoms with Crippen molar-refractivity contribution in [1.29, 1.82) is 0 Å². The molecule has 1 fully saturated rings. The molecule has 17 heavy (non-hydrogen) atoms. The zero-order valence-corrected chi connectivity index (χ0v) is 10.1. The van der Waals surface area contributed by atoms with Gasteiger partial charge in [0.15, 0.2) is 5.65 Å². The maximum absolute atomic E-state index is 5.97. The molecule has 1 aliphatic carbocycles. The van der Waals surface area contributed by atoms with E-state index in [2.05, 4.69) is 15.1 Å². The van der Waals surface area contributed by atoms with Crippen molar-refractivity contribution >= 4 is 16.9 Å². The highest BCUT2D eigenvalue weighted by molar-refractivity contribution is 5.88. The molecule has 0 spiro atoms. The smallest absolute Gasteiger partial charge is 0.163 e. The van der Waals surface area contributed by atoms with Crippen LogP contribution in [0.2, 0.25) is 0 Å². The molecule has 3 rings (SSSR count). The van der Waals surface area contributed by atoms with Gasteiger partial charge < -0.3 is 5.73 Å². The van der Waals surface area contributed by atoms with Gasteiger partial charge in [-0.05, 0) is 12.8 Å². The first-order valence-corrected chi connectivity index (χ1v) is 6.20. The van der Waals surface area contributed by atoms with Crippen LogP contribution in [0.3, 0.4) is 0 Å². The number of nitrogens with two attached hydrogens (primary N) is 1. The minimum absolute atomic E-state index is 0.528. The van der Waals surface area contributed by atoms with E-state index in [9.17, 15) is 0 Å². The number of aromatic nitrogens is 4. The maximum Gasteiger partial charge on any atom is 0.163 e. The van der Waals surface area contributed by atoms with Crippen LogP contribution in [0, 0.1) is 0 Å². The van der Waals surface area contributed by atoms with E-state index < -0.39 is 0 Å². The van der Waals surface area contributed by atoms with E-state index >= 15 is 0 Å². The molecule has 0 saturated heterocycles. The molecule has 2 heterocycles. The summed E-state index contributed by atoms with van der Waals surface area (Å²) in [6.45, 7) is 0. The Morgan fingerprint density at radius 2 is 2.00 bits per heavy atom. The lowest BCUT2D eigenvalue weighted by atomic mass is 9.86. The maximum atomic E-state index is 5.97. The predicted octanol–water partition coefficient (Wildman–Crippen LogP) is 1.99. The Kier molecular flexibility index (Phi) is 2.46. The Hall–Kier alpha value is -1.65. The first-order valence-electron chi connectivity index (χ1n) is 6.20. The first kappa shape index (κ1) is 10.5. The third-order valence-electron chi connectivity index (χ3n) is 3.67. The molecule has 0 amide bonds. The summed E-state index contributed by atoms with van der Waals surface area (Å²) in [5, 5.41) is 5.57. The van der Waals surface area contributed by atoms with Crippen LogP contribution in [0.15, 0.2) is 6.33 Å². The highest BCUT2D eigenvalue weighted by Gasteiger charge is 2.23. The Morgan fingerprint density at radius 1 is 1.24 bits per heavy atom. The van der Waals surface area contributed by atoms with Crippen LogP contribution in [-0.2, 0) is 7.05 Å². The average Bonchev–Trinajstić information content (AvgIpc) is 2.70. The average molecular weight is 231 g/mol. The van der Waals surface area contributed by atoms with E-state index in [-0.39, 0.29) is 0 Å². The Morgan fingerprint density at radius 3 is 2.76 bits per heavy atom. The fourth-order valence-electron chi connectivity index (χ4n) is 2.80. The normalized spacial score (nSPS) is 17.7. The number of fused-ring (bicyclic) bond motifs is 1. The fourth-order valence-corrected chi connectivity index (χ4v) is 2.80. The second-order valence-electron chi connectivity index (χ2n) is 4.80. The van der Waals surface area contributed by atoms with Crippen molar-refractivity contribution < 1.29 is 0 Å². The van der Waals surface area contributed by atoms with Gasteiger partial charge in [0.1, 0.15) is 12.1 Å². The quantitative estimate of drug-likeness (QED) is 0.814. The molecule has 5 nitrogen and oxygen atoms in total. The Balaban J connectivity index is 2.15. The van der Waals surface area contributed by atoms with Crippen LogP contribution in [0.25, 0.3) is 11.0 Å². The summed E-state index contributed by atoms with van der Waals surface area (Å²) < 4.78 is 1.82. The van der Waals surface area contributed by atoms with Crippen molar-refractivity contribution in [3.8, 4) is 0 Å². The molecule has 1 aliphatic rings. The van der Waals surface area contributed by atoms with Gasteiger partial charge in [0.05, 0.1) is 11.1 Å². The summed E-state index contributed by atoms with van der Waals surface area (Å²) in [6.07, 6.45) is 7.84. The second kappa shape index (κ2) is 3.98. The van der Waals surface area contributed by atoms with Crippen molar-refractivity contribution in [3.63, 3.8) is 0 Å². The SMILES string of the molecule is Cn1nc(C2CCCCC2)c2c(N)ncnc21. The molecule has 2 aromatic heterocycles. The predicted molar refractivity (Wildman–Crippen MR) is 66.5 cm³/mol. The zero-order chi connectivity index (χ0) is 11.8. The highest BCUT2D eigenvalue weighted by atomic mass is 15.3. The molecule has 0 unspecified atom stereocenters. The third kappa shape index (κ3) is 1.66. The van der Waals surface area contributed by atoms with Crippen LogP contribution in [0.5, 0.6) is 0 Å². The van der Waals surface area contributed by atoms with Crippen molar-refractivity contribution in [1.82, 2.24) is 19.7 Å². The van der Waals surface area contributed by atoms with E-state index in [0.29, 0.717) is 11.7 Å². The van der Waals surface area contributed by atoms with Gasteiger partial charge in [-0.25, -0.2) is 9.97 Å². The minimum Gasteiger partial charge on any atom is -0.383 e. The van der Waals surface area contributed by atoms with Crippen LogP contribution in [-0.4, -0.2) is 19.7 Å². The molecule has 0 bridgehead atoms. The minimum atomic E-state index is 0.528. The number of nitrogens with zero attached hydrogens (tertiary/aromatic N) is 4. The van der Waals surface area contributed by atoms with Gasteiger partial charge in [-0.15, -0.1) is 0 Å². The van der Waals surface area contributed by atoms with E-state index in [4.69, 9.17) is 5.73 Å². The third-order valence-corrected chi connectivity index (χ3v) is 3.67. The first-order chi connectivity index (χ1) is 8.27. The van der Waals surface area contributed by atoms with E-state index in [1.54, 1.807) is 0 Å². The number of hydrogen-bond acceptors (Lipinski definition) is 4. The van der Waals surface area contributed by atoms with Crippen molar-refractivity contribution in [2.45, 2.75) is 38.0 Å². The van der Waals surface area contributed by atoms with Gasteiger partial charge >= 0.3 is 0 Å². The molecule has 2 aromatic rings. The molecule has 90 valence electrons. The summed E-state index contributed by atoms with van der Waals surface area (Å²) >= 11 is 0. The standard InChI is InChI=1S/C12H17N5/c1-17-12-9(11(13)14-7-15-12)10(16-17)8-5-3-2-4-6-8/h7-8H,2-6H2,1H3,(H2,13,14,15). The lowest BCUT2D eigenvalue weighted by molar-refractivity contribution is 0.435. The highest BCUT2D eigenvalue weighted by Crippen LogP contribution is 2.36. The zero-order valence-electron chi connectivity index (χ0n) is 10.1. The van der Waals surface area contributed by atoms with Gasteiger partial charge in [-0.1, -0.05) is 19.3 Å². The van der Waals surface area contributed by atoms with E-state index in [1.807, 2.05) is 11.7 Å². The molecular formula is C12H17N5. The molecular weight excluding hydrogens is 214 g/mol. The monoisotopic (exact) mass is 231 g/mol. The van der Waals surface area contributed by atoms with E-state index in [1.165, 1.54) is 38.4 Å². The number of aryl methyl sites for hydroxylation is 1. The lowest BCUT2D eigenvalue weighted by Crippen LogP contribution is -2.06. The number of hydrogen-bond donors (Lipinski definition) is 1. The van der Waals surface area contributed by atoms with Crippen LogP contribution in [0.1, 0.15) is 43.7 Å². The van der Waals surface area contributed by atoms with E-state index in [0.717, 1.165) is 16.7 Å². The van der Waals surface area contributed by atoms with Gasteiger partial charge in [0.2, 0.25) is 0 Å². The molecule has 0 aromatic carbocycles. The molecule has 5 heteroatoms. The summed E-state index contributed by atoms with van der Waals surface area (Å²) in [4.78, 5) is 8.36. The summed E-state index contributed by atoms with van der Waals surface area (Å²) in [5.41, 5.74) is 7.92. The van der Waals surface area contributed by atoms with Crippen LogP contribution in [0.4, 0.5) is 5.82 Å². The van der Waals surface area contributed by atoms with Gasteiger partial charge in [-0.3, -0.25) is 4.68 Å². The number of rotatable bonds is 1. The van der Waals surface area contributed by atoms with Gasteiger partial charge in [0.25, 0.3) is 0 Å². The molecule has 1 saturated carbocycles. The topological polar surface area (TPSA) is 69.6 Å². The summed E-state index contributed by atoms with van der Waals surface area (Å²) in [5.74, 6) is 1.09. The second-order valence-corrected chi connectivity index (χ2v) is 4.80. The van der Waals surface area contributed by atoms with Crippen molar-refractivity contribution in [3.05, 3.63) is 12.0 Å². The van der Waals surface area contributed by atoms with Crippen molar-refractivity contribution in [2.24, 2.45) is 7.05 Å². The molecule has 0 aliphatic heterocycles. The number of anilines is 1. The fraction of sp³-hybridized carbons (Fsp3) is 0.583. The van der Waals surface area contributed by atoms with Gasteiger partial charge in [0, 0.05) is 13.0 Å². The summed E-state index contributed by atoms with van der Waals surface area (Å²) in [7, 11) is 1.92. The number of nitrogen functional groups attached to an aromatic ring is 1. The molecule has 0 atom stereocenters. The largest absolute Gasteiger partial charge is 0.383 e. The molecule has 2 N–H and O–H groups in total. The lowest BCUT2D eigenvalue weighted by Gasteiger charge is -2.19. The van der Waals surface area contributed by atoms with Gasteiger partial charge in [-0.2, -0.15) is 5.10 Å². The summed E-state index contributed by atoms with van der Waals surface area (Å²) in [6, 6.07) is 0. The Labute approximate surface area is 100 Å².